The number of hydrogen-bond donors (Lipinski definition) is 2. The summed E-state index contributed by atoms with van der Waals surface area (Å²) in [5, 5.41) is 3.12. The molecule has 0 aliphatic heterocycles. The Hall–Kier alpha value is -2.07. The fourth-order valence-electron chi connectivity index (χ4n) is 3.34. The Morgan fingerprint density at radius 2 is 1.79 bits per heavy atom. The van der Waals surface area contributed by atoms with E-state index < -0.39 is 0 Å². The van der Waals surface area contributed by atoms with Crippen LogP contribution < -0.4 is 11.1 Å². The molecule has 1 amide bonds. The molecule has 3 rings (SSSR count). The highest BCUT2D eigenvalue weighted by Gasteiger charge is 2.28. The average Bonchev–Trinajstić information content (AvgIpc) is 3.07. The summed E-state index contributed by atoms with van der Waals surface area (Å²) >= 11 is 0. The van der Waals surface area contributed by atoms with Gasteiger partial charge in [0.1, 0.15) is 5.82 Å². The van der Waals surface area contributed by atoms with E-state index in [2.05, 4.69) is 5.32 Å². The molecule has 0 spiro atoms. The van der Waals surface area contributed by atoms with Crippen molar-refractivity contribution in [3.63, 3.8) is 0 Å². The lowest BCUT2D eigenvalue weighted by Crippen LogP contribution is -2.32. The summed E-state index contributed by atoms with van der Waals surface area (Å²) in [5.74, 6) is -0.00919. The second kappa shape index (κ2) is 8.15. The first-order chi connectivity index (χ1) is 11.1. The third-order valence-corrected chi connectivity index (χ3v) is 4.54. The molecule has 1 aliphatic carbocycles. The van der Waals surface area contributed by atoms with Crippen molar-refractivity contribution in [2.24, 2.45) is 5.92 Å². The van der Waals surface area contributed by atoms with Gasteiger partial charge in [0.15, 0.2) is 0 Å². The van der Waals surface area contributed by atoms with Crippen LogP contribution in [-0.4, -0.2) is 5.91 Å². The third-order valence-electron chi connectivity index (χ3n) is 4.54. The highest BCUT2D eigenvalue weighted by Crippen LogP contribution is 2.36. The van der Waals surface area contributed by atoms with Gasteiger partial charge < -0.3 is 11.1 Å². The van der Waals surface area contributed by atoms with Crippen LogP contribution in [0.5, 0.6) is 0 Å². The molecular weight excluding hydrogens is 327 g/mol. The first kappa shape index (κ1) is 18.3. The predicted octanol–water partition coefficient (Wildman–Crippen LogP) is 4.49. The molecule has 24 heavy (non-hydrogen) atoms. The molecule has 0 heterocycles. The molecule has 1 unspecified atom stereocenters. The van der Waals surface area contributed by atoms with Crippen LogP contribution >= 0.6 is 12.4 Å². The van der Waals surface area contributed by atoms with E-state index in [-0.39, 0.29) is 30.2 Å². The van der Waals surface area contributed by atoms with Gasteiger partial charge in [-0.25, -0.2) is 4.39 Å². The van der Waals surface area contributed by atoms with Gasteiger partial charge in [-0.3, -0.25) is 4.79 Å². The first-order valence-electron chi connectivity index (χ1n) is 8.05. The van der Waals surface area contributed by atoms with Gasteiger partial charge in [-0.2, -0.15) is 0 Å². The van der Waals surface area contributed by atoms with Crippen LogP contribution in [0, 0.1) is 11.7 Å². The molecule has 2 aromatic rings. The number of nitrogens with two attached hydrogens (primary N) is 1. The van der Waals surface area contributed by atoms with E-state index in [1.165, 1.54) is 25.0 Å². The number of anilines is 1. The highest BCUT2D eigenvalue weighted by molar-refractivity contribution is 5.95. The van der Waals surface area contributed by atoms with Gasteiger partial charge in [-0.15, -0.1) is 12.4 Å². The monoisotopic (exact) mass is 348 g/mol. The lowest BCUT2D eigenvalue weighted by molar-refractivity contribution is 0.0922. The van der Waals surface area contributed by atoms with E-state index in [0.717, 1.165) is 18.4 Å². The number of carbonyl (C=O) groups excluding carboxylic acids is 1. The summed E-state index contributed by atoms with van der Waals surface area (Å²) in [7, 11) is 0. The highest BCUT2D eigenvalue weighted by atomic mass is 35.5. The van der Waals surface area contributed by atoms with Crippen molar-refractivity contribution in [3.8, 4) is 0 Å². The molecule has 5 heteroatoms. The van der Waals surface area contributed by atoms with Crippen LogP contribution in [0.3, 0.4) is 0 Å². The Morgan fingerprint density at radius 1 is 1.12 bits per heavy atom. The van der Waals surface area contributed by atoms with Crippen LogP contribution in [0.2, 0.25) is 0 Å². The van der Waals surface area contributed by atoms with Crippen molar-refractivity contribution < 1.29 is 9.18 Å². The number of nitrogen functional groups attached to an aromatic ring is 1. The van der Waals surface area contributed by atoms with Gasteiger partial charge >= 0.3 is 0 Å². The molecule has 1 aliphatic rings. The molecule has 1 saturated carbocycles. The molecule has 0 aromatic heterocycles. The molecule has 1 atom stereocenters. The Kier molecular flexibility index (Phi) is 6.21. The van der Waals surface area contributed by atoms with Crippen molar-refractivity contribution in [2.75, 3.05) is 5.73 Å². The minimum Gasteiger partial charge on any atom is -0.399 e. The van der Waals surface area contributed by atoms with Gasteiger partial charge in [0.2, 0.25) is 0 Å². The molecular formula is C19H22ClFN2O. The third kappa shape index (κ3) is 4.26. The Morgan fingerprint density at radius 3 is 2.42 bits per heavy atom. The summed E-state index contributed by atoms with van der Waals surface area (Å²) in [6.07, 6.45) is 4.52. The number of nitrogens with one attached hydrogen (secondary N) is 1. The molecule has 128 valence electrons. The maximum absolute atomic E-state index is 13.2. The SMILES string of the molecule is Cl.Nc1cccc(C(=O)NC(c2ccc(F)cc2)C2CCCC2)c1. The number of amides is 1. The number of carbonyl (C=O) groups is 1. The fraction of sp³-hybridized carbons (Fsp3) is 0.316. The van der Waals surface area contributed by atoms with Crippen molar-refractivity contribution in [1.82, 2.24) is 5.32 Å². The van der Waals surface area contributed by atoms with E-state index in [1.807, 2.05) is 0 Å². The van der Waals surface area contributed by atoms with E-state index in [9.17, 15) is 9.18 Å². The standard InChI is InChI=1S/C19H21FN2O.ClH/c20-16-10-8-14(9-11-16)18(13-4-1-2-5-13)22-19(23)15-6-3-7-17(21)12-15;/h3,6-13,18H,1-2,4-5,21H2,(H,22,23);1H. The zero-order valence-electron chi connectivity index (χ0n) is 13.4. The smallest absolute Gasteiger partial charge is 0.251 e. The maximum Gasteiger partial charge on any atom is 0.251 e. The second-order valence-electron chi connectivity index (χ2n) is 6.17. The lowest BCUT2D eigenvalue weighted by atomic mass is 9.91. The van der Waals surface area contributed by atoms with Gasteiger partial charge in [0.25, 0.3) is 5.91 Å². The summed E-state index contributed by atoms with van der Waals surface area (Å²) in [5.41, 5.74) is 7.83. The number of halogens is 2. The van der Waals surface area contributed by atoms with Gasteiger partial charge in [-0.1, -0.05) is 31.0 Å². The van der Waals surface area contributed by atoms with Crippen molar-refractivity contribution >= 4 is 24.0 Å². The molecule has 0 radical (unpaired) electrons. The summed E-state index contributed by atoms with van der Waals surface area (Å²) < 4.78 is 13.2. The van der Waals surface area contributed by atoms with Crippen LogP contribution in [-0.2, 0) is 0 Å². The summed E-state index contributed by atoms with van der Waals surface area (Å²) in [4.78, 5) is 12.6. The van der Waals surface area contributed by atoms with E-state index in [0.29, 0.717) is 17.2 Å². The normalized spacial score (nSPS) is 15.5. The minimum atomic E-state index is -0.263. The quantitative estimate of drug-likeness (QED) is 0.800. The molecule has 0 bridgehead atoms. The van der Waals surface area contributed by atoms with Gasteiger partial charge in [0, 0.05) is 11.3 Å². The van der Waals surface area contributed by atoms with E-state index in [1.54, 1.807) is 36.4 Å². The molecule has 3 N–H and O–H groups in total. The topological polar surface area (TPSA) is 55.1 Å². The first-order valence-corrected chi connectivity index (χ1v) is 8.05. The fourth-order valence-corrected chi connectivity index (χ4v) is 3.34. The van der Waals surface area contributed by atoms with Crippen LogP contribution in [0.15, 0.2) is 48.5 Å². The largest absolute Gasteiger partial charge is 0.399 e. The van der Waals surface area contributed by atoms with Crippen molar-refractivity contribution in [1.29, 1.82) is 0 Å². The zero-order valence-corrected chi connectivity index (χ0v) is 14.2. The maximum atomic E-state index is 13.2. The van der Waals surface area contributed by atoms with E-state index in [4.69, 9.17) is 5.73 Å². The van der Waals surface area contributed by atoms with Crippen LogP contribution in [0.4, 0.5) is 10.1 Å². The second-order valence-corrected chi connectivity index (χ2v) is 6.17. The Balaban J connectivity index is 0.00000208. The molecule has 2 aromatic carbocycles. The molecule has 0 saturated heterocycles. The summed E-state index contributed by atoms with van der Waals surface area (Å²) in [6.45, 7) is 0. The summed E-state index contributed by atoms with van der Waals surface area (Å²) in [6, 6.07) is 13.3. The van der Waals surface area contributed by atoms with Crippen LogP contribution in [0.25, 0.3) is 0 Å². The van der Waals surface area contributed by atoms with Crippen LogP contribution in [0.1, 0.15) is 47.6 Å². The van der Waals surface area contributed by atoms with Gasteiger partial charge in [0.05, 0.1) is 6.04 Å². The molecule has 3 nitrogen and oxygen atoms in total. The molecule has 1 fully saturated rings. The number of benzene rings is 2. The Bertz CT molecular complexity index is 684. The number of rotatable bonds is 4. The Labute approximate surface area is 147 Å². The predicted molar refractivity (Wildman–Crippen MR) is 96.7 cm³/mol. The van der Waals surface area contributed by atoms with Crippen molar-refractivity contribution in [2.45, 2.75) is 31.7 Å². The van der Waals surface area contributed by atoms with E-state index >= 15 is 0 Å². The number of hydrogen-bond acceptors (Lipinski definition) is 2. The van der Waals surface area contributed by atoms with Gasteiger partial charge in [-0.05, 0) is 54.7 Å². The average molecular weight is 349 g/mol. The zero-order chi connectivity index (χ0) is 16.2. The minimum absolute atomic E-state index is 0. The lowest BCUT2D eigenvalue weighted by Gasteiger charge is -2.25. The van der Waals surface area contributed by atoms with Crippen molar-refractivity contribution in [3.05, 3.63) is 65.5 Å².